The largest absolute Gasteiger partial charge is 0.491 e. The standard InChI is InChI=1S/C44H72O6Si3/c1-11-14-17-41(48-51(5)6)32-45-38-26-20-35(21-27-38)44(4,36-22-28-39(29-23-36)46-33-42(18-15-12-2)49-52(7)8)37-24-30-40(31-25-37)47-34-43(19-16-13-3)50-53(9)10/h20-31,41-43,51-53H,11-19,32-34H2,1-10H3. The zero-order chi connectivity index (χ0) is 38.6. The molecule has 6 nitrogen and oxygen atoms in total. The van der Waals surface area contributed by atoms with Crippen molar-refractivity contribution in [2.45, 2.75) is 148 Å². The third-order valence-electron chi connectivity index (χ3n) is 9.64. The molecular weight excluding hydrogens is 709 g/mol. The highest BCUT2D eigenvalue weighted by molar-refractivity contribution is 6.49. The highest BCUT2D eigenvalue weighted by atomic mass is 28.3. The van der Waals surface area contributed by atoms with Crippen LogP contribution in [0, 0.1) is 0 Å². The third kappa shape index (κ3) is 15.7. The van der Waals surface area contributed by atoms with Crippen LogP contribution in [0.15, 0.2) is 72.8 Å². The van der Waals surface area contributed by atoms with E-state index in [1.165, 1.54) is 16.7 Å². The Bertz CT molecular complexity index is 1210. The van der Waals surface area contributed by atoms with Gasteiger partial charge in [-0.15, -0.1) is 0 Å². The molecule has 0 aliphatic carbocycles. The molecule has 0 aromatic heterocycles. The summed E-state index contributed by atoms with van der Waals surface area (Å²) in [4.78, 5) is 0. The monoisotopic (exact) mass is 780 g/mol. The normalized spacial score (nSPS) is 14.7. The van der Waals surface area contributed by atoms with Crippen LogP contribution in [-0.4, -0.2) is 65.3 Å². The van der Waals surface area contributed by atoms with Gasteiger partial charge in [-0.25, -0.2) is 0 Å². The van der Waals surface area contributed by atoms with Crippen LogP contribution in [0.1, 0.15) is 102 Å². The molecule has 0 heterocycles. The molecule has 0 radical (unpaired) electrons. The molecule has 3 rings (SSSR count). The van der Waals surface area contributed by atoms with E-state index in [-0.39, 0.29) is 18.3 Å². The summed E-state index contributed by atoms with van der Waals surface area (Å²) in [5, 5.41) is 0. The molecule has 9 heteroatoms. The quantitative estimate of drug-likeness (QED) is 0.0567. The zero-order valence-electron chi connectivity index (χ0n) is 34.8. The van der Waals surface area contributed by atoms with E-state index < -0.39 is 32.5 Å². The van der Waals surface area contributed by atoms with Gasteiger partial charge in [0, 0.05) is 5.41 Å². The van der Waals surface area contributed by atoms with E-state index in [9.17, 15) is 0 Å². The molecule has 3 aromatic rings. The molecule has 0 spiro atoms. The molecular formula is C44H72O6Si3. The van der Waals surface area contributed by atoms with Gasteiger partial charge in [0.2, 0.25) is 0 Å². The summed E-state index contributed by atoms with van der Waals surface area (Å²) in [6.45, 7) is 24.1. The van der Waals surface area contributed by atoms with Gasteiger partial charge < -0.3 is 27.5 Å². The van der Waals surface area contributed by atoms with Crippen molar-refractivity contribution in [2.75, 3.05) is 19.8 Å². The number of hydrogen-bond acceptors (Lipinski definition) is 6. The summed E-state index contributed by atoms with van der Waals surface area (Å²) in [6, 6.07) is 25.9. The maximum absolute atomic E-state index is 6.31. The Hall–Kier alpha value is -2.41. The van der Waals surface area contributed by atoms with E-state index in [0.29, 0.717) is 19.8 Å². The van der Waals surface area contributed by atoms with Crippen molar-refractivity contribution in [3.63, 3.8) is 0 Å². The third-order valence-corrected chi connectivity index (χ3v) is 12.4. The van der Waals surface area contributed by atoms with Gasteiger partial charge in [0.25, 0.3) is 0 Å². The first-order valence-electron chi connectivity index (χ1n) is 20.6. The summed E-state index contributed by atoms with van der Waals surface area (Å²) < 4.78 is 37.8. The Balaban J connectivity index is 1.87. The second kappa shape index (κ2) is 24.2. The molecule has 0 saturated carbocycles. The zero-order valence-corrected chi connectivity index (χ0v) is 38.3. The Morgan fingerprint density at radius 2 is 0.679 bits per heavy atom. The number of unbranched alkanes of at least 4 members (excludes halogenated alkanes) is 3. The van der Waals surface area contributed by atoms with Gasteiger partial charge in [0.05, 0.1) is 18.3 Å². The number of hydrogen-bond donors (Lipinski definition) is 0. The predicted octanol–water partition coefficient (Wildman–Crippen LogP) is 10.9. The average Bonchev–Trinajstić information content (AvgIpc) is 3.14. The Labute approximate surface area is 328 Å². The van der Waals surface area contributed by atoms with E-state index in [1.54, 1.807) is 0 Å². The van der Waals surface area contributed by atoms with Crippen LogP contribution in [0.2, 0.25) is 39.3 Å². The lowest BCUT2D eigenvalue weighted by molar-refractivity contribution is 0.119. The van der Waals surface area contributed by atoms with Crippen molar-refractivity contribution in [1.29, 1.82) is 0 Å². The fourth-order valence-corrected chi connectivity index (χ4v) is 9.70. The highest BCUT2D eigenvalue weighted by Crippen LogP contribution is 2.40. The van der Waals surface area contributed by atoms with Gasteiger partial charge >= 0.3 is 0 Å². The van der Waals surface area contributed by atoms with Crippen molar-refractivity contribution >= 4 is 27.1 Å². The minimum Gasteiger partial charge on any atom is -0.491 e. The first-order chi connectivity index (χ1) is 25.5. The molecule has 0 aliphatic rings. The first kappa shape index (κ1) is 45.0. The van der Waals surface area contributed by atoms with Gasteiger partial charge in [0.15, 0.2) is 27.1 Å². The van der Waals surface area contributed by atoms with Crippen LogP contribution < -0.4 is 14.2 Å². The van der Waals surface area contributed by atoms with Crippen molar-refractivity contribution in [3.8, 4) is 17.2 Å². The summed E-state index contributed by atoms with van der Waals surface area (Å²) >= 11 is 0. The van der Waals surface area contributed by atoms with Gasteiger partial charge in [0.1, 0.15) is 37.1 Å². The summed E-state index contributed by atoms with van der Waals surface area (Å²) in [5.41, 5.74) is 3.12. The minimum absolute atomic E-state index is 0.148. The van der Waals surface area contributed by atoms with Crippen molar-refractivity contribution < 1.29 is 27.5 Å². The lowest BCUT2D eigenvalue weighted by Gasteiger charge is -2.32. The summed E-state index contributed by atoms with van der Waals surface area (Å²) in [7, 11) is -3.46. The van der Waals surface area contributed by atoms with Crippen molar-refractivity contribution in [3.05, 3.63) is 89.5 Å². The molecule has 296 valence electrons. The summed E-state index contributed by atoms with van der Waals surface area (Å²) in [5.74, 6) is 2.60. The van der Waals surface area contributed by atoms with Crippen LogP contribution in [-0.2, 0) is 18.7 Å². The van der Waals surface area contributed by atoms with Crippen molar-refractivity contribution in [2.24, 2.45) is 0 Å². The van der Waals surface area contributed by atoms with E-state index in [1.807, 2.05) is 0 Å². The van der Waals surface area contributed by atoms with Crippen LogP contribution in [0.4, 0.5) is 0 Å². The maximum atomic E-state index is 6.31. The number of benzene rings is 3. The highest BCUT2D eigenvalue weighted by Gasteiger charge is 2.32. The molecule has 0 saturated heterocycles. The van der Waals surface area contributed by atoms with Crippen LogP contribution in [0.25, 0.3) is 0 Å². The molecule has 0 fully saturated rings. The van der Waals surface area contributed by atoms with Gasteiger partial charge in [-0.3, -0.25) is 0 Å². The van der Waals surface area contributed by atoms with Crippen LogP contribution in [0.5, 0.6) is 17.2 Å². The van der Waals surface area contributed by atoms with E-state index in [0.717, 1.165) is 75.0 Å². The minimum atomic E-state index is -1.15. The lowest BCUT2D eigenvalue weighted by Crippen LogP contribution is -2.27. The van der Waals surface area contributed by atoms with Crippen molar-refractivity contribution in [1.82, 2.24) is 0 Å². The molecule has 0 N–H and O–H groups in total. The molecule has 3 unspecified atom stereocenters. The fourth-order valence-electron chi connectivity index (χ4n) is 6.74. The Kier molecular flexibility index (Phi) is 20.5. The second-order valence-corrected chi connectivity index (χ2v) is 22.6. The maximum Gasteiger partial charge on any atom is 0.171 e. The molecule has 53 heavy (non-hydrogen) atoms. The molecule has 3 aromatic carbocycles. The van der Waals surface area contributed by atoms with Crippen LogP contribution in [0.3, 0.4) is 0 Å². The van der Waals surface area contributed by atoms with E-state index in [4.69, 9.17) is 27.5 Å². The van der Waals surface area contributed by atoms with Gasteiger partial charge in [-0.1, -0.05) is 95.7 Å². The lowest BCUT2D eigenvalue weighted by atomic mass is 9.71. The molecule has 0 aliphatic heterocycles. The molecule has 0 bridgehead atoms. The Morgan fingerprint density at radius 3 is 0.887 bits per heavy atom. The average molecular weight is 781 g/mol. The SMILES string of the molecule is CCCCC(COc1ccc(C(C)(c2ccc(OCC(CCCC)O[SiH](C)C)cc2)c2ccc(OCC(CCCC)O[SiH](C)C)cc2)cc1)O[SiH](C)C. The predicted molar refractivity (Wildman–Crippen MR) is 231 cm³/mol. The smallest absolute Gasteiger partial charge is 0.171 e. The van der Waals surface area contributed by atoms with Crippen LogP contribution >= 0.6 is 0 Å². The first-order valence-corrected chi connectivity index (χ1v) is 29.0. The van der Waals surface area contributed by atoms with E-state index >= 15 is 0 Å². The second-order valence-electron chi connectivity index (χ2n) is 15.5. The molecule has 0 amide bonds. The Morgan fingerprint density at radius 1 is 0.434 bits per heavy atom. The topological polar surface area (TPSA) is 55.4 Å². The van der Waals surface area contributed by atoms with Gasteiger partial charge in [-0.2, -0.15) is 0 Å². The number of ether oxygens (including phenoxy) is 3. The fraction of sp³-hybridized carbons (Fsp3) is 0.591. The molecule has 3 atom stereocenters. The van der Waals surface area contributed by atoms with E-state index in [2.05, 4.69) is 140 Å². The van der Waals surface area contributed by atoms with Gasteiger partial charge in [-0.05, 0) is 119 Å². The number of rotatable bonds is 27. The summed E-state index contributed by atoms with van der Waals surface area (Å²) in [6.07, 6.45) is 10.5.